The van der Waals surface area contributed by atoms with Crippen LogP contribution in [0, 0.1) is 0 Å². The number of imidazole rings is 1. The van der Waals surface area contributed by atoms with Crippen LogP contribution in [0.3, 0.4) is 0 Å². The summed E-state index contributed by atoms with van der Waals surface area (Å²) in [6.07, 6.45) is 8.75. The molecule has 1 rings (SSSR count). The number of unbranched alkanes of at least 4 members (excludes halogenated alkanes) is 1. The molecule has 1 amide bonds. The molecule has 0 aliphatic heterocycles. The number of nitrogens with zero attached hydrogens (tertiary/aromatic N) is 2. The van der Waals surface area contributed by atoms with Gasteiger partial charge in [0.15, 0.2) is 0 Å². The van der Waals surface area contributed by atoms with E-state index in [-0.39, 0.29) is 5.91 Å². The Morgan fingerprint density at radius 2 is 2.26 bits per heavy atom. The quantitative estimate of drug-likeness (QED) is 0.665. The van der Waals surface area contributed by atoms with Gasteiger partial charge in [0.05, 0.1) is 5.54 Å². The van der Waals surface area contributed by atoms with E-state index in [4.69, 9.17) is 5.73 Å². The average Bonchev–Trinajstić information content (AvgIpc) is 2.82. The Kier molecular flexibility index (Phi) is 6.02. The molecule has 5 nitrogen and oxygen atoms in total. The third-order valence-corrected chi connectivity index (χ3v) is 3.70. The van der Waals surface area contributed by atoms with Gasteiger partial charge in [-0.2, -0.15) is 0 Å². The number of nitrogens with one attached hydrogen (secondary N) is 1. The van der Waals surface area contributed by atoms with Gasteiger partial charge in [-0.3, -0.25) is 4.79 Å². The van der Waals surface area contributed by atoms with Crippen LogP contribution in [0.4, 0.5) is 0 Å². The number of nitrogens with two attached hydrogens (primary N) is 1. The first-order valence-corrected chi connectivity index (χ1v) is 7.02. The SMILES string of the molecule is CCCc1nccn1CCCCC(C)(NC)C(N)=O. The smallest absolute Gasteiger partial charge is 0.237 e. The van der Waals surface area contributed by atoms with Crippen molar-refractivity contribution in [1.29, 1.82) is 0 Å². The lowest BCUT2D eigenvalue weighted by atomic mass is 9.94. The van der Waals surface area contributed by atoms with Crippen molar-refractivity contribution in [2.24, 2.45) is 5.73 Å². The lowest BCUT2D eigenvalue weighted by Gasteiger charge is -2.25. The lowest BCUT2D eigenvalue weighted by Crippen LogP contribution is -2.51. The van der Waals surface area contributed by atoms with E-state index in [0.717, 1.165) is 44.5 Å². The topological polar surface area (TPSA) is 72.9 Å². The summed E-state index contributed by atoms with van der Waals surface area (Å²) in [5.41, 5.74) is 4.81. The van der Waals surface area contributed by atoms with Gasteiger partial charge in [0.2, 0.25) is 5.91 Å². The summed E-state index contributed by atoms with van der Waals surface area (Å²) in [6.45, 7) is 4.97. The van der Waals surface area contributed by atoms with E-state index in [2.05, 4.69) is 21.8 Å². The molecule has 1 aromatic heterocycles. The Bertz CT molecular complexity index is 402. The number of likely N-dealkylation sites (N-methyl/N-ethyl adjacent to an activating group) is 1. The minimum absolute atomic E-state index is 0.288. The fraction of sp³-hybridized carbons (Fsp3) is 0.714. The summed E-state index contributed by atoms with van der Waals surface area (Å²) in [5.74, 6) is 0.859. The number of primary amides is 1. The van der Waals surface area contributed by atoms with Gasteiger partial charge in [-0.05, 0) is 39.7 Å². The van der Waals surface area contributed by atoms with Crippen molar-refractivity contribution >= 4 is 5.91 Å². The lowest BCUT2D eigenvalue weighted by molar-refractivity contribution is -0.123. The minimum atomic E-state index is -0.596. The summed E-state index contributed by atoms with van der Waals surface area (Å²) in [7, 11) is 1.78. The van der Waals surface area contributed by atoms with Crippen molar-refractivity contribution in [1.82, 2.24) is 14.9 Å². The van der Waals surface area contributed by atoms with Gasteiger partial charge < -0.3 is 15.6 Å². The second-order valence-electron chi connectivity index (χ2n) is 5.19. The summed E-state index contributed by atoms with van der Waals surface area (Å²) >= 11 is 0. The zero-order valence-electron chi connectivity index (χ0n) is 12.3. The molecular formula is C14H26N4O. The maximum atomic E-state index is 11.4. The van der Waals surface area contributed by atoms with Crippen molar-refractivity contribution in [2.45, 2.75) is 58.0 Å². The molecule has 19 heavy (non-hydrogen) atoms. The van der Waals surface area contributed by atoms with Crippen molar-refractivity contribution in [3.8, 4) is 0 Å². The van der Waals surface area contributed by atoms with Gasteiger partial charge in [-0.15, -0.1) is 0 Å². The van der Waals surface area contributed by atoms with Crippen molar-refractivity contribution in [3.05, 3.63) is 18.2 Å². The Morgan fingerprint density at radius 3 is 2.84 bits per heavy atom. The van der Waals surface area contributed by atoms with Crippen molar-refractivity contribution in [2.75, 3.05) is 7.05 Å². The molecule has 1 aromatic rings. The number of carbonyl (C=O) groups is 1. The zero-order valence-corrected chi connectivity index (χ0v) is 12.3. The van der Waals surface area contributed by atoms with Gasteiger partial charge in [-0.25, -0.2) is 4.98 Å². The van der Waals surface area contributed by atoms with Gasteiger partial charge in [0.1, 0.15) is 5.82 Å². The summed E-state index contributed by atoms with van der Waals surface area (Å²) in [4.78, 5) is 15.7. The van der Waals surface area contributed by atoms with Crippen LogP contribution in [-0.4, -0.2) is 28.0 Å². The minimum Gasteiger partial charge on any atom is -0.368 e. The Hall–Kier alpha value is -1.36. The molecule has 0 spiro atoms. The van der Waals surface area contributed by atoms with Gasteiger partial charge >= 0.3 is 0 Å². The van der Waals surface area contributed by atoms with Gasteiger partial charge in [0, 0.05) is 25.4 Å². The first kappa shape index (κ1) is 15.7. The van der Waals surface area contributed by atoms with E-state index < -0.39 is 5.54 Å². The van der Waals surface area contributed by atoms with Crippen LogP contribution in [0.5, 0.6) is 0 Å². The molecule has 108 valence electrons. The van der Waals surface area contributed by atoms with Crippen LogP contribution < -0.4 is 11.1 Å². The predicted molar refractivity (Wildman–Crippen MR) is 76.7 cm³/mol. The molecular weight excluding hydrogens is 240 g/mol. The molecule has 0 aliphatic carbocycles. The van der Waals surface area contributed by atoms with E-state index >= 15 is 0 Å². The molecule has 0 radical (unpaired) electrons. The number of hydrogen-bond donors (Lipinski definition) is 2. The third-order valence-electron chi connectivity index (χ3n) is 3.70. The molecule has 0 bridgehead atoms. The highest BCUT2D eigenvalue weighted by Gasteiger charge is 2.27. The number of hydrogen-bond acceptors (Lipinski definition) is 3. The molecule has 3 N–H and O–H groups in total. The van der Waals surface area contributed by atoms with E-state index in [0.29, 0.717) is 0 Å². The number of aryl methyl sites for hydroxylation is 2. The molecule has 5 heteroatoms. The average molecular weight is 266 g/mol. The van der Waals surface area contributed by atoms with E-state index in [1.54, 1.807) is 7.05 Å². The molecule has 1 unspecified atom stereocenters. The zero-order chi connectivity index (χ0) is 14.3. The highest BCUT2D eigenvalue weighted by atomic mass is 16.1. The van der Waals surface area contributed by atoms with Crippen LogP contribution in [0.1, 0.15) is 45.4 Å². The molecule has 1 heterocycles. The van der Waals surface area contributed by atoms with E-state index in [1.807, 2.05) is 19.3 Å². The first-order chi connectivity index (χ1) is 9.03. The normalized spacial score (nSPS) is 14.3. The Balaban J connectivity index is 2.38. The Labute approximate surface area is 115 Å². The molecule has 0 saturated heterocycles. The van der Waals surface area contributed by atoms with Gasteiger partial charge in [-0.1, -0.05) is 6.92 Å². The highest BCUT2D eigenvalue weighted by molar-refractivity contribution is 5.84. The molecule has 0 aliphatic rings. The molecule has 0 aromatic carbocycles. The second-order valence-corrected chi connectivity index (χ2v) is 5.19. The predicted octanol–water partition coefficient (Wildman–Crippen LogP) is 1.47. The molecule has 0 saturated carbocycles. The fourth-order valence-electron chi connectivity index (χ4n) is 2.13. The van der Waals surface area contributed by atoms with Gasteiger partial charge in [0.25, 0.3) is 0 Å². The maximum absolute atomic E-state index is 11.4. The summed E-state index contributed by atoms with van der Waals surface area (Å²) in [6, 6.07) is 0. The Morgan fingerprint density at radius 1 is 1.53 bits per heavy atom. The van der Waals surface area contributed by atoms with E-state index in [9.17, 15) is 4.79 Å². The number of rotatable bonds is 9. The van der Waals surface area contributed by atoms with E-state index in [1.165, 1.54) is 0 Å². The number of aromatic nitrogens is 2. The van der Waals surface area contributed by atoms with Crippen LogP contribution in [-0.2, 0) is 17.8 Å². The number of amides is 1. The largest absolute Gasteiger partial charge is 0.368 e. The maximum Gasteiger partial charge on any atom is 0.237 e. The van der Waals surface area contributed by atoms with Crippen LogP contribution in [0.15, 0.2) is 12.4 Å². The third kappa shape index (κ3) is 4.35. The first-order valence-electron chi connectivity index (χ1n) is 7.02. The monoisotopic (exact) mass is 266 g/mol. The molecule has 0 fully saturated rings. The summed E-state index contributed by atoms with van der Waals surface area (Å²) < 4.78 is 2.20. The highest BCUT2D eigenvalue weighted by Crippen LogP contribution is 2.14. The van der Waals surface area contributed by atoms with Crippen molar-refractivity contribution in [3.63, 3.8) is 0 Å². The fourth-order valence-corrected chi connectivity index (χ4v) is 2.13. The van der Waals surface area contributed by atoms with Crippen molar-refractivity contribution < 1.29 is 4.79 Å². The standard InChI is InChI=1S/C14H26N4O/c1-4-7-12-17-9-11-18(12)10-6-5-8-14(2,16-3)13(15)19/h9,11,16H,4-8,10H2,1-3H3,(H2,15,19). The van der Waals surface area contributed by atoms with Crippen LogP contribution in [0.2, 0.25) is 0 Å². The molecule has 1 atom stereocenters. The second kappa shape index (κ2) is 7.28. The summed E-state index contributed by atoms with van der Waals surface area (Å²) in [5, 5.41) is 3.01. The van der Waals surface area contributed by atoms with Crippen LogP contribution >= 0.6 is 0 Å². The van der Waals surface area contributed by atoms with Crippen LogP contribution in [0.25, 0.3) is 0 Å². The number of carbonyl (C=O) groups excluding carboxylic acids is 1.